The van der Waals surface area contributed by atoms with Crippen molar-refractivity contribution in [3.63, 3.8) is 0 Å². The van der Waals surface area contributed by atoms with Gasteiger partial charge in [-0.2, -0.15) is 0 Å². The van der Waals surface area contributed by atoms with Gasteiger partial charge < -0.3 is 10.5 Å². The average molecular weight is 375 g/mol. The van der Waals surface area contributed by atoms with Gasteiger partial charge in [0.15, 0.2) is 0 Å². The zero-order valence-electron chi connectivity index (χ0n) is 14.9. The molecule has 9 heteroatoms. The van der Waals surface area contributed by atoms with E-state index >= 15 is 0 Å². The summed E-state index contributed by atoms with van der Waals surface area (Å²) in [4.78, 5) is 13.1. The maximum atomic E-state index is 12.4. The van der Waals surface area contributed by atoms with Gasteiger partial charge in [-0.25, -0.2) is 17.7 Å². The van der Waals surface area contributed by atoms with Gasteiger partial charge in [-0.15, -0.1) is 0 Å². The zero-order valence-corrected chi connectivity index (χ0v) is 15.7. The summed E-state index contributed by atoms with van der Waals surface area (Å²) in [6.45, 7) is 1.72. The first-order valence-corrected chi connectivity index (χ1v) is 9.61. The van der Waals surface area contributed by atoms with Crippen LogP contribution in [0.3, 0.4) is 0 Å². The second-order valence-corrected chi connectivity index (χ2v) is 8.35. The van der Waals surface area contributed by atoms with Crippen LogP contribution < -0.4 is 10.5 Å². The lowest BCUT2D eigenvalue weighted by molar-refractivity contribution is 0.408. The molecule has 138 valence electrons. The monoisotopic (exact) mass is 375 g/mol. The van der Waals surface area contributed by atoms with Crippen molar-refractivity contribution in [1.82, 2.24) is 14.3 Å². The molecule has 0 aliphatic carbocycles. The molecular formula is C17H21N5O3S. The average Bonchev–Trinajstić information content (AvgIpc) is 2.60. The maximum Gasteiger partial charge on any atom is 0.239 e. The summed E-state index contributed by atoms with van der Waals surface area (Å²) in [5, 5.41) is 0. The summed E-state index contributed by atoms with van der Waals surface area (Å²) in [7, 11) is -0.552. The molecule has 8 nitrogen and oxygen atoms in total. The van der Waals surface area contributed by atoms with Crippen LogP contribution in [0, 0.1) is 0 Å². The van der Waals surface area contributed by atoms with Crippen LogP contribution >= 0.6 is 0 Å². The van der Waals surface area contributed by atoms with Gasteiger partial charge in [-0.05, 0) is 36.8 Å². The van der Waals surface area contributed by atoms with E-state index in [2.05, 4.69) is 15.0 Å². The number of nitrogens with two attached hydrogens (primary N) is 1. The van der Waals surface area contributed by atoms with E-state index < -0.39 is 15.6 Å². The first-order chi connectivity index (χ1) is 12.2. The fourth-order valence-electron chi connectivity index (χ4n) is 2.90. The third kappa shape index (κ3) is 3.34. The van der Waals surface area contributed by atoms with Crippen molar-refractivity contribution in [2.45, 2.75) is 18.9 Å². The van der Waals surface area contributed by atoms with Crippen molar-refractivity contribution >= 4 is 16.0 Å². The Kier molecular flexibility index (Phi) is 4.57. The SMILES string of the molecule is COc1cccnc1Cc1ccnc([C@]2(C)CS(=O)(=O)N(C)C(N)=N2)c1. The summed E-state index contributed by atoms with van der Waals surface area (Å²) in [6, 6.07) is 7.35. The van der Waals surface area contributed by atoms with Gasteiger partial charge in [0.05, 0.1) is 18.5 Å². The van der Waals surface area contributed by atoms with Crippen LogP contribution in [0.1, 0.15) is 23.9 Å². The minimum Gasteiger partial charge on any atom is -0.495 e. The molecule has 0 aromatic carbocycles. The van der Waals surface area contributed by atoms with E-state index in [1.165, 1.54) is 7.05 Å². The van der Waals surface area contributed by atoms with Gasteiger partial charge in [0.1, 0.15) is 17.0 Å². The van der Waals surface area contributed by atoms with Crippen LogP contribution in [-0.4, -0.2) is 48.6 Å². The zero-order chi connectivity index (χ0) is 18.9. The summed E-state index contributed by atoms with van der Waals surface area (Å²) in [6.07, 6.45) is 3.87. The van der Waals surface area contributed by atoms with Crippen LogP contribution in [-0.2, 0) is 22.0 Å². The Bertz CT molecular complexity index is 960. The van der Waals surface area contributed by atoms with Gasteiger partial charge in [0.25, 0.3) is 0 Å². The second kappa shape index (κ2) is 6.56. The molecule has 2 aromatic heterocycles. The number of hydrogen-bond donors (Lipinski definition) is 1. The number of aromatic nitrogens is 2. The highest BCUT2D eigenvalue weighted by Gasteiger charge is 2.41. The van der Waals surface area contributed by atoms with E-state index in [9.17, 15) is 8.42 Å². The minimum atomic E-state index is -3.54. The molecule has 0 bridgehead atoms. The lowest BCUT2D eigenvalue weighted by atomic mass is 9.97. The van der Waals surface area contributed by atoms with E-state index in [0.717, 1.165) is 15.6 Å². The Morgan fingerprint density at radius 3 is 2.77 bits per heavy atom. The highest BCUT2D eigenvalue weighted by atomic mass is 32.2. The Morgan fingerprint density at radius 1 is 1.31 bits per heavy atom. The summed E-state index contributed by atoms with van der Waals surface area (Å²) >= 11 is 0. The predicted molar refractivity (Wildman–Crippen MR) is 98.4 cm³/mol. The molecule has 26 heavy (non-hydrogen) atoms. The quantitative estimate of drug-likeness (QED) is 0.849. The molecule has 0 spiro atoms. The number of nitrogens with zero attached hydrogens (tertiary/aromatic N) is 4. The van der Waals surface area contributed by atoms with Gasteiger partial charge in [-0.3, -0.25) is 9.97 Å². The molecule has 0 saturated heterocycles. The fraction of sp³-hybridized carbons (Fsp3) is 0.353. The van der Waals surface area contributed by atoms with E-state index in [1.54, 1.807) is 26.4 Å². The van der Waals surface area contributed by atoms with Crippen molar-refractivity contribution in [3.05, 3.63) is 53.6 Å². The molecule has 1 aliphatic heterocycles. The Balaban J connectivity index is 1.97. The van der Waals surface area contributed by atoms with Crippen LogP contribution in [0.5, 0.6) is 5.75 Å². The minimum absolute atomic E-state index is 0.0441. The smallest absolute Gasteiger partial charge is 0.239 e. The third-order valence-corrected chi connectivity index (χ3v) is 6.33. The number of methoxy groups -OCH3 is 1. The van der Waals surface area contributed by atoms with Gasteiger partial charge in [0, 0.05) is 25.9 Å². The summed E-state index contributed by atoms with van der Waals surface area (Å²) < 4.78 is 31.0. The number of pyridine rings is 2. The van der Waals surface area contributed by atoms with Gasteiger partial charge >= 0.3 is 0 Å². The van der Waals surface area contributed by atoms with Crippen LogP contribution in [0.15, 0.2) is 41.7 Å². The topological polar surface area (TPSA) is 111 Å². The van der Waals surface area contributed by atoms with Crippen molar-refractivity contribution in [3.8, 4) is 5.75 Å². The lowest BCUT2D eigenvalue weighted by Crippen LogP contribution is -2.50. The maximum absolute atomic E-state index is 12.4. The Hall–Kier alpha value is -2.68. The second-order valence-electron chi connectivity index (χ2n) is 6.35. The third-order valence-electron chi connectivity index (χ3n) is 4.38. The molecule has 1 atom stereocenters. The molecule has 0 saturated carbocycles. The van der Waals surface area contributed by atoms with E-state index in [1.807, 2.05) is 24.3 Å². The Morgan fingerprint density at radius 2 is 2.08 bits per heavy atom. The number of sulfonamides is 1. The van der Waals surface area contributed by atoms with Gasteiger partial charge in [0.2, 0.25) is 16.0 Å². The fourth-order valence-corrected chi connectivity index (χ4v) is 4.34. The Labute approximate surface area is 152 Å². The lowest BCUT2D eigenvalue weighted by Gasteiger charge is -2.33. The number of hydrogen-bond acceptors (Lipinski definition) is 7. The molecule has 0 amide bonds. The van der Waals surface area contributed by atoms with E-state index in [0.29, 0.717) is 17.9 Å². The highest BCUT2D eigenvalue weighted by Crippen LogP contribution is 2.31. The summed E-state index contributed by atoms with van der Waals surface area (Å²) in [5.74, 6) is 0.458. The molecule has 0 unspecified atom stereocenters. The van der Waals surface area contributed by atoms with Gasteiger partial charge in [-0.1, -0.05) is 0 Å². The number of rotatable bonds is 4. The molecular weight excluding hydrogens is 354 g/mol. The van der Waals surface area contributed by atoms with Crippen LogP contribution in [0.25, 0.3) is 0 Å². The number of guanidine groups is 1. The molecule has 3 heterocycles. The van der Waals surface area contributed by atoms with Crippen molar-refractivity contribution < 1.29 is 13.2 Å². The molecule has 0 radical (unpaired) electrons. The normalized spacial score (nSPS) is 22.0. The number of aliphatic imine (C=N–C) groups is 1. The van der Waals surface area contributed by atoms with Crippen molar-refractivity contribution in [2.24, 2.45) is 10.7 Å². The number of ether oxygens (including phenoxy) is 1. The first-order valence-electron chi connectivity index (χ1n) is 8.00. The highest BCUT2D eigenvalue weighted by molar-refractivity contribution is 7.89. The molecule has 0 fully saturated rings. The first kappa shape index (κ1) is 18.1. The van der Waals surface area contributed by atoms with E-state index in [4.69, 9.17) is 10.5 Å². The van der Waals surface area contributed by atoms with Crippen LogP contribution in [0.4, 0.5) is 0 Å². The molecule has 1 aliphatic rings. The molecule has 2 N–H and O–H groups in total. The predicted octanol–water partition coefficient (Wildman–Crippen LogP) is 0.881. The van der Waals surface area contributed by atoms with Crippen molar-refractivity contribution in [1.29, 1.82) is 0 Å². The molecule has 2 aromatic rings. The standard InChI is InChI=1S/C17H21N5O3S/c1-17(11-26(23,24)22(2)16(18)21-17)15-10-12(6-8-20-15)9-13-14(25-3)5-4-7-19-13/h4-8,10H,9,11H2,1-3H3,(H2,18,21)/t17-/m0/s1. The van der Waals surface area contributed by atoms with Crippen molar-refractivity contribution in [2.75, 3.05) is 19.9 Å². The van der Waals surface area contributed by atoms with E-state index in [-0.39, 0.29) is 11.7 Å². The van der Waals surface area contributed by atoms with Crippen LogP contribution in [0.2, 0.25) is 0 Å². The molecule has 3 rings (SSSR count). The largest absolute Gasteiger partial charge is 0.495 e. The summed E-state index contributed by atoms with van der Waals surface area (Å²) in [5.41, 5.74) is 7.03.